The van der Waals surface area contributed by atoms with E-state index in [1.54, 1.807) is 0 Å². The molecule has 7 nitrogen and oxygen atoms in total. The number of sulfonamides is 1. The molecule has 0 unspecified atom stereocenters. The average Bonchev–Trinajstić information content (AvgIpc) is 2.68. The zero-order valence-electron chi connectivity index (χ0n) is 14.5. The van der Waals surface area contributed by atoms with Gasteiger partial charge in [-0.25, -0.2) is 13.2 Å². The topological polar surface area (TPSA) is 102 Å². The summed E-state index contributed by atoms with van der Waals surface area (Å²) in [5.74, 6) is 0.566. The van der Waals surface area contributed by atoms with Gasteiger partial charge in [-0.15, -0.1) is 6.42 Å². The van der Waals surface area contributed by atoms with Crippen LogP contribution in [0.3, 0.4) is 0 Å². The molecular formula is C18H13Cl3N2O5S. The number of rotatable bonds is 7. The number of amides is 1. The Morgan fingerprint density at radius 1 is 1.07 bits per heavy atom. The smallest absolute Gasteiger partial charge is 0.338 e. The number of nitrogens with one attached hydrogen (secondary N) is 2. The van der Waals surface area contributed by atoms with E-state index in [1.165, 1.54) is 30.3 Å². The van der Waals surface area contributed by atoms with Crippen molar-refractivity contribution in [2.75, 3.05) is 18.5 Å². The molecule has 0 saturated carbocycles. The maximum absolute atomic E-state index is 12.1. The Morgan fingerprint density at radius 2 is 1.76 bits per heavy atom. The van der Waals surface area contributed by atoms with Crippen LogP contribution in [0.5, 0.6) is 0 Å². The minimum absolute atomic E-state index is 0.0612. The third-order valence-corrected chi connectivity index (χ3v) is 5.80. The molecule has 0 aliphatic rings. The second-order valence-corrected chi connectivity index (χ2v) is 8.42. The highest BCUT2D eigenvalue weighted by Crippen LogP contribution is 2.32. The number of anilines is 1. The Labute approximate surface area is 182 Å². The largest absolute Gasteiger partial charge is 0.452 e. The fraction of sp³-hybridized carbons (Fsp3) is 0.111. The molecule has 152 valence electrons. The van der Waals surface area contributed by atoms with Gasteiger partial charge in [0, 0.05) is 0 Å². The van der Waals surface area contributed by atoms with Crippen LogP contribution in [0.2, 0.25) is 15.1 Å². The Morgan fingerprint density at radius 3 is 2.45 bits per heavy atom. The minimum Gasteiger partial charge on any atom is -0.452 e. The summed E-state index contributed by atoms with van der Waals surface area (Å²) in [6.07, 6.45) is 5.03. The molecule has 0 aliphatic carbocycles. The molecule has 0 atom stereocenters. The van der Waals surface area contributed by atoms with Crippen molar-refractivity contribution in [1.82, 2.24) is 4.72 Å². The fourth-order valence-electron chi connectivity index (χ4n) is 2.03. The molecule has 0 fully saturated rings. The van der Waals surface area contributed by atoms with Crippen LogP contribution in [0.4, 0.5) is 5.69 Å². The first kappa shape index (κ1) is 23.0. The molecule has 0 heterocycles. The molecule has 0 aliphatic heterocycles. The van der Waals surface area contributed by atoms with Crippen molar-refractivity contribution >= 4 is 62.4 Å². The fourth-order valence-corrected chi connectivity index (χ4v) is 3.60. The summed E-state index contributed by atoms with van der Waals surface area (Å²) in [4.78, 5) is 24.0. The lowest BCUT2D eigenvalue weighted by molar-refractivity contribution is -0.119. The molecule has 2 rings (SSSR count). The highest BCUT2D eigenvalue weighted by molar-refractivity contribution is 7.89. The Balaban J connectivity index is 2.02. The van der Waals surface area contributed by atoms with Crippen LogP contribution in [0.15, 0.2) is 41.3 Å². The van der Waals surface area contributed by atoms with Crippen LogP contribution in [0.25, 0.3) is 0 Å². The number of halogens is 3. The van der Waals surface area contributed by atoms with E-state index in [1.807, 2.05) is 0 Å². The van der Waals surface area contributed by atoms with Gasteiger partial charge in [0.2, 0.25) is 10.0 Å². The lowest BCUT2D eigenvalue weighted by atomic mass is 10.2. The maximum atomic E-state index is 12.1. The van der Waals surface area contributed by atoms with Crippen molar-refractivity contribution in [3.8, 4) is 12.3 Å². The molecule has 0 aromatic heterocycles. The summed E-state index contributed by atoms with van der Waals surface area (Å²) in [6.45, 7) is -0.837. The van der Waals surface area contributed by atoms with E-state index < -0.39 is 28.5 Å². The van der Waals surface area contributed by atoms with E-state index in [0.717, 1.165) is 6.07 Å². The molecule has 2 aromatic rings. The standard InChI is InChI=1S/C18H13Cl3N2O5S/c1-2-6-22-29(26,27)12-5-3-4-11(7-12)18(25)28-10-17(24)23-16-9-14(20)13(19)8-15(16)21/h1,3-5,7-9,22H,6,10H2,(H,23,24). The molecule has 0 spiro atoms. The summed E-state index contributed by atoms with van der Waals surface area (Å²) in [6, 6.07) is 7.80. The highest BCUT2D eigenvalue weighted by Gasteiger charge is 2.17. The van der Waals surface area contributed by atoms with Crippen LogP contribution >= 0.6 is 34.8 Å². The SMILES string of the molecule is C#CCNS(=O)(=O)c1cccc(C(=O)OCC(=O)Nc2cc(Cl)c(Cl)cc2Cl)c1. The van der Waals surface area contributed by atoms with E-state index in [9.17, 15) is 18.0 Å². The van der Waals surface area contributed by atoms with Crippen LogP contribution < -0.4 is 10.0 Å². The quantitative estimate of drug-likeness (QED) is 0.363. The number of ether oxygens (including phenoxy) is 1. The molecule has 29 heavy (non-hydrogen) atoms. The van der Waals surface area contributed by atoms with Gasteiger partial charge < -0.3 is 10.1 Å². The van der Waals surface area contributed by atoms with Gasteiger partial charge in [0.15, 0.2) is 6.61 Å². The molecule has 0 radical (unpaired) electrons. The molecular weight excluding hydrogens is 463 g/mol. The van der Waals surface area contributed by atoms with Crippen LogP contribution in [-0.2, 0) is 19.6 Å². The number of terminal acetylenes is 1. The number of hydrogen-bond acceptors (Lipinski definition) is 5. The van der Waals surface area contributed by atoms with Crippen molar-refractivity contribution in [2.45, 2.75) is 4.90 Å². The lowest BCUT2D eigenvalue weighted by Crippen LogP contribution is -2.24. The van der Waals surface area contributed by atoms with E-state index in [0.29, 0.717) is 0 Å². The zero-order chi connectivity index (χ0) is 21.6. The first-order chi connectivity index (χ1) is 13.6. The van der Waals surface area contributed by atoms with Crippen molar-refractivity contribution in [2.24, 2.45) is 0 Å². The monoisotopic (exact) mass is 474 g/mol. The first-order valence-electron chi connectivity index (χ1n) is 7.78. The third kappa shape index (κ3) is 6.35. The number of esters is 1. The van der Waals surface area contributed by atoms with Gasteiger partial charge in [0.1, 0.15) is 0 Å². The van der Waals surface area contributed by atoms with Gasteiger partial charge >= 0.3 is 5.97 Å². The summed E-state index contributed by atoms with van der Waals surface area (Å²) in [5.41, 5.74) is 0.128. The average molecular weight is 476 g/mol. The van der Waals surface area contributed by atoms with E-state index >= 15 is 0 Å². The van der Waals surface area contributed by atoms with E-state index in [4.69, 9.17) is 46.0 Å². The molecule has 0 saturated heterocycles. The van der Waals surface area contributed by atoms with Crippen molar-refractivity contribution in [1.29, 1.82) is 0 Å². The lowest BCUT2D eigenvalue weighted by Gasteiger charge is -2.10. The Bertz CT molecular complexity index is 1100. The molecule has 2 N–H and O–H groups in total. The molecule has 1 amide bonds. The number of carbonyl (C=O) groups excluding carboxylic acids is 2. The number of benzene rings is 2. The normalized spacial score (nSPS) is 10.8. The van der Waals surface area contributed by atoms with Gasteiger partial charge in [0.25, 0.3) is 5.91 Å². The van der Waals surface area contributed by atoms with Gasteiger partial charge in [-0.1, -0.05) is 46.8 Å². The predicted octanol–water partition coefficient (Wildman–Crippen LogP) is 3.35. The van der Waals surface area contributed by atoms with E-state index in [-0.39, 0.29) is 37.8 Å². The van der Waals surface area contributed by atoms with Crippen molar-refractivity contribution in [3.63, 3.8) is 0 Å². The molecule has 11 heteroatoms. The number of carbonyl (C=O) groups is 2. The van der Waals surface area contributed by atoms with Gasteiger partial charge in [0.05, 0.1) is 37.8 Å². The van der Waals surface area contributed by atoms with Gasteiger partial charge in [-0.3, -0.25) is 4.79 Å². The van der Waals surface area contributed by atoms with Crippen LogP contribution in [-0.4, -0.2) is 33.4 Å². The summed E-state index contributed by atoms with van der Waals surface area (Å²) in [7, 11) is -3.88. The van der Waals surface area contributed by atoms with Crippen LogP contribution in [0, 0.1) is 12.3 Å². The minimum atomic E-state index is -3.88. The van der Waals surface area contributed by atoms with E-state index in [2.05, 4.69) is 16.0 Å². The predicted molar refractivity (Wildman–Crippen MR) is 111 cm³/mol. The second-order valence-electron chi connectivity index (χ2n) is 5.43. The molecule has 0 bridgehead atoms. The Hall–Kier alpha value is -2.28. The van der Waals surface area contributed by atoms with Crippen LogP contribution in [0.1, 0.15) is 10.4 Å². The highest BCUT2D eigenvalue weighted by atomic mass is 35.5. The zero-order valence-corrected chi connectivity index (χ0v) is 17.6. The second kappa shape index (κ2) is 9.96. The Kier molecular flexibility index (Phi) is 7.90. The van der Waals surface area contributed by atoms with Crippen molar-refractivity contribution in [3.05, 3.63) is 57.0 Å². The van der Waals surface area contributed by atoms with Gasteiger partial charge in [-0.2, -0.15) is 4.72 Å². The summed E-state index contributed by atoms with van der Waals surface area (Å²) >= 11 is 17.6. The first-order valence-corrected chi connectivity index (χ1v) is 10.4. The molecule has 2 aromatic carbocycles. The third-order valence-electron chi connectivity index (χ3n) is 3.36. The summed E-state index contributed by atoms with van der Waals surface area (Å²) < 4.78 is 31.2. The van der Waals surface area contributed by atoms with Gasteiger partial charge in [-0.05, 0) is 30.3 Å². The van der Waals surface area contributed by atoms with Crippen molar-refractivity contribution < 1.29 is 22.7 Å². The maximum Gasteiger partial charge on any atom is 0.338 e. The summed E-state index contributed by atoms with van der Waals surface area (Å²) in [5, 5.41) is 2.97. The number of hydrogen-bond donors (Lipinski definition) is 2.